The minimum atomic E-state index is -1.23. The van der Waals surface area contributed by atoms with Gasteiger partial charge < -0.3 is 5.11 Å². The zero-order valence-electron chi connectivity index (χ0n) is 9.84. The molecule has 0 aliphatic carbocycles. The normalized spacial score (nSPS) is 10.3. The second-order valence-electron chi connectivity index (χ2n) is 3.92. The molecule has 0 atom stereocenters. The van der Waals surface area contributed by atoms with Crippen molar-refractivity contribution in [2.24, 2.45) is 0 Å². The highest BCUT2D eigenvalue weighted by Gasteiger charge is 2.18. The molecule has 0 spiro atoms. The summed E-state index contributed by atoms with van der Waals surface area (Å²) in [6.07, 6.45) is 0. The van der Waals surface area contributed by atoms with E-state index in [4.69, 9.17) is 28.3 Å². The number of carbonyl (C=O) groups is 1. The molecule has 0 heterocycles. The molecular weight excluding hydrogens is 305 g/mol. The van der Waals surface area contributed by atoms with Crippen molar-refractivity contribution in [3.63, 3.8) is 0 Å². The number of hydrogen-bond acceptors (Lipinski definition) is 3. The summed E-state index contributed by atoms with van der Waals surface area (Å²) in [7, 11) is 0. The lowest BCUT2D eigenvalue weighted by atomic mass is 10.0. The van der Waals surface area contributed by atoms with Gasteiger partial charge in [-0.3, -0.25) is 10.1 Å². The average Bonchev–Trinajstić information content (AvgIpc) is 2.41. The summed E-state index contributed by atoms with van der Waals surface area (Å²) in [5.74, 6) is -1.23. The Morgan fingerprint density at radius 1 is 1.10 bits per heavy atom. The smallest absolute Gasteiger partial charge is 0.335 e. The van der Waals surface area contributed by atoms with Crippen LogP contribution in [0.1, 0.15) is 10.4 Å². The van der Waals surface area contributed by atoms with Crippen molar-refractivity contribution in [2.75, 3.05) is 0 Å². The van der Waals surface area contributed by atoms with Crippen LogP contribution in [0, 0.1) is 10.1 Å². The molecule has 2 aromatic rings. The van der Waals surface area contributed by atoms with Crippen LogP contribution in [0.5, 0.6) is 0 Å². The maximum atomic E-state index is 11.1. The number of nitro groups is 1. The number of benzene rings is 2. The molecular formula is C13H7Cl2NO4. The molecule has 0 saturated carbocycles. The van der Waals surface area contributed by atoms with Crippen molar-refractivity contribution >= 4 is 34.9 Å². The summed E-state index contributed by atoms with van der Waals surface area (Å²) in [6, 6.07) is 8.28. The van der Waals surface area contributed by atoms with Crippen LogP contribution in [-0.4, -0.2) is 16.0 Å². The molecule has 0 aliphatic rings. The Hall–Kier alpha value is -2.11. The maximum Gasteiger partial charge on any atom is 0.335 e. The van der Waals surface area contributed by atoms with Crippen LogP contribution in [0.4, 0.5) is 5.69 Å². The van der Waals surface area contributed by atoms with E-state index in [0.29, 0.717) is 10.6 Å². The SMILES string of the molecule is O=C(O)c1ccc(-c2ccc(Cl)c(Cl)c2)c([N+](=O)[O-])c1. The van der Waals surface area contributed by atoms with Crippen LogP contribution >= 0.6 is 23.2 Å². The van der Waals surface area contributed by atoms with Crippen LogP contribution in [0.25, 0.3) is 11.1 Å². The number of aromatic carboxylic acids is 1. The third-order valence-corrected chi connectivity index (χ3v) is 3.41. The average molecular weight is 312 g/mol. The number of nitro benzene ring substituents is 1. The summed E-state index contributed by atoms with van der Waals surface area (Å²) >= 11 is 11.7. The van der Waals surface area contributed by atoms with Gasteiger partial charge in [0.1, 0.15) is 0 Å². The van der Waals surface area contributed by atoms with Gasteiger partial charge in [0.05, 0.1) is 26.1 Å². The van der Waals surface area contributed by atoms with E-state index < -0.39 is 10.9 Å². The van der Waals surface area contributed by atoms with Gasteiger partial charge in [0.25, 0.3) is 5.69 Å². The van der Waals surface area contributed by atoms with E-state index in [0.717, 1.165) is 6.07 Å². The van der Waals surface area contributed by atoms with Gasteiger partial charge >= 0.3 is 5.97 Å². The zero-order chi connectivity index (χ0) is 14.9. The third kappa shape index (κ3) is 2.74. The van der Waals surface area contributed by atoms with Crippen molar-refractivity contribution < 1.29 is 14.8 Å². The summed E-state index contributed by atoms with van der Waals surface area (Å²) < 4.78 is 0. The fourth-order valence-corrected chi connectivity index (χ4v) is 2.02. The highest BCUT2D eigenvalue weighted by molar-refractivity contribution is 6.42. The second-order valence-corrected chi connectivity index (χ2v) is 4.74. The lowest BCUT2D eigenvalue weighted by Gasteiger charge is -2.06. The van der Waals surface area contributed by atoms with E-state index in [9.17, 15) is 14.9 Å². The van der Waals surface area contributed by atoms with Gasteiger partial charge in [-0.25, -0.2) is 4.79 Å². The number of carboxylic acid groups (broad SMARTS) is 1. The largest absolute Gasteiger partial charge is 0.478 e. The van der Waals surface area contributed by atoms with Crippen LogP contribution in [0.2, 0.25) is 10.0 Å². The van der Waals surface area contributed by atoms with Crippen molar-refractivity contribution in [3.8, 4) is 11.1 Å². The number of carboxylic acids is 1. The maximum absolute atomic E-state index is 11.1. The minimum Gasteiger partial charge on any atom is -0.478 e. The Morgan fingerprint density at radius 3 is 2.35 bits per heavy atom. The third-order valence-electron chi connectivity index (χ3n) is 2.67. The van der Waals surface area contributed by atoms with Gasteiger partial charge in [-0.15, -0.1) is 0 Å². The van der Waals surface area contributed by atoms with Crippen LogP contribution < -0.4 is 0 Å². The predicted octanol–water partition coefficient (Wildman–Crippen LogP) is 4.27. The highest BCUT2D eigenvalue weighted by Crippen LogP contribution is 2.34. The molecule has 1 N–H and O–H groups in total. The first-order chi connectivity index (χ1) is 9.40. The van der Waals surface area contributed by atoms with Crippen LogP contribution in [0.3, 0.4) is 0 Å². The van der Waals surface area contributed by atoms with Gasteiger partial charge in [0.2, 0.25) is 0 Å². The Bertz CT molecular complexity index is 716. The molecule has 0 radical (unpaired) electrons. The molecule has 2 aromatic carbocycles. The van der Waals surface area contributed by atoms with Crippen LogP contribution in [-0.2, 0) is 0 Å². The molecule has 0 aromatic heterocycles. The first-order valence-electron chi connectivity index (χ1n) is 5.37. The molecule has 0 aliphatic heterocycles. The van der Waals surface area contributed by atoms with E-state index in [2.05, 4.69) is 0 Å². The minimum absolute atomic E-state index is 0.152. The number of nitrogens with zero attached hydrogens (tertiary/aromatic N) is 1. The number of rotatable bonds is 3. The molecule has 5 nitrogen and oxygen atoms in total. The van der Waals surface area contributed by atoms with E-state index >= 15 is 0 Å². The van der Waals surface area contributed by atoms with Gasteiger partial charge in [0.15, 0.2) is 0 Å². The van der Waals surface area contributed by atoms with Gasteiger partial charge in [0, 0.05) is 6.07 Å². The number of halogens is 2. The molecule has 0 fully saturated rings. The molecule has 0 unspecified atom stereocenters. The Kier molecular flexibility index (Phi) is 3.92. The monoisotopic (exact) mass is 311 g/mol. The Labute approximate surface area is 123 Å². The standard InChI is InChI=1S/C13H7Cl2NO4/c14-10-4-2-7(5-11(10)15)9-3-1-8(13(17)18)6-12(9)16(19)20/h1-6H,(H,17,18). The van der Waals surface area contributed by atoms with Gasteiger partial charge in [-0.05, 0) is 29.8 Å². The van der Waals surface area contributed by atoms with Gasteiger partial charge in [-0.1, -0.05) is 29.3 Å². The predicted molar refractivity (Wildman–Crippen MR) is 75.5 cm³/mol. The Balaban J connectivity index is 2.63. The van der Waals surface area contributed by atoms with Crippen molar-refractivity contribution in [2.45, 2.75) is 0 Å². The Morgan fingerprint density at radius 2 is 1.80 bits per heavy atom. The summed E-state index contributed by atoms with van der Waals surface area (Å²) in [5.41, 5.74) is 0.311. The van der Waals surface area contributed by atoms with E-state index in [1.165, 1.54) is 24.3 Å². The van der Waals surface area contributed by atoms with E-state index in [1.54, 1.807) is 6.07 Å². The van der Waals surface area contributed by atoms with Crippen molar-refractivity contribution in [1.82, 2.24) is 0 Å². The van der Waals surface area contributed by atoms with Crippen LogP contribution in [0.15, 0.2) is 36.4 Å². The first-order valence-corrected chi connectivity index (χ1v) is 6.13. The fourth-order valence-electron chi connectivity index (χ4n) is 1.72. The van der Waals surface area contributed by atoms with E-state index in [1.807, 2.05) is 0 Å². The molecule has 0 saturated heterocycles. The lowest BCUT2D eigenvalue weighted by Crippen LogP contribution is -1.99. The number of hydrogen-bond donors (Lipinski definition) is 1. The first kappa shape index (κ1) is 14.3. The quantitative estimate of drug-likeness (QED) is 0.678. The molecule has 0 bridgehead atoms. The summed E-state index contributed by atoms with van der Waals surface area (Å²) in [6.45, 7) is 0. The molecule has 2 rings (SSSR count). The summed E-state index contributed by atoms with van der Waals surface area (Å²) in [5, 5.41) is 20.5. The molecule has 0 amide bonds. The van der Waals surface area contributed by atoms with Crippen molar-refractivity contribution in [1.29, 1.82) is 0 Å². The molecule has 20 heavy (non-hydrogen) atoms. The molecule has 7 heteroatoms. The zero-order valence-corrected chi connectivity index (χ0v) is 11.4. The summed E-state index contributed by atoms with van der Waals surface area (Å²) in [4.78, 5) is 21.3. The highest BCUT2D eigenvalue weighted by atomic mass is 35.5. The lowest BCUT2D eigenvalue weighted by molar-refractivity contribution is -0.384. The topological polar surface area (TPSA) is 80.4 Å². The fraction of sp³-hybridized carbons (Fsp3) is 0. The van der Waals surface area contributed by atoms with E-state index in [-0.39, 0.29) is 21.8 Å². The second kappa shape index (κ2) is 5.48. The van der Waals surface area contributed by atoms with Crippen molar-refractivity contribution in [3.05, 3.63) is 62.1 Å². The molecule has 102 valence electrons. The van der Waals surface area contributed by atoms with Gasteiger partial charge in [-0.2, -0.15) is 0 Å².